The molecule has 1 aromatic rings. The molecule has 0 radical (unpaired) electrons. The van der Waals surface area contributed by atoms with Gasteiger partial charge in [0.05, 0.1) is 6.54 Å². The fraction of sp³-hybridized carbons (Fsp3) is 0.619. The second kappa shape index (κ2) is 7.98. The van der Waals surface area contributed by atoms with E-state index in [1.165, 1.54) is 5.56 Å². The Balaban J connectivity index is 1.21. The monoisotopic (exact) mass is 371 g/mol. The van der Waals surface area contributed by atoms with Crippen molar-refractivity contribution in [3.8, 4) is 0 Å². The number of carbonyl (C=O) groups excluding carboxylic acids is 2. The van der Waals surface area contributed by atoms with Gasteiger partial charge in [0.15, 0.2) is 0 Å². The fourth-order valence-electron chi connectivity index (χ4n) is 4.47. The van der Waals surface area contributed by atoms with Crippen LogP contribution in [0.3, 0.4) is 0 Å². The quantitative estimate of drug-likeness (QED) is 0.869. The summed E-state index contributed by atoms with van der Waals surface area (Å²) in [4.78, 5) is 28.5. The minimum atomic E-state index is -0.359. The molecule has 6 nitrogen and oxygen atoms in total. The summed E-state index contributed by atoms with van der Waals surface area (Å²) in [5, 5.41) is 2.87. The predicted molar refractivity (Wildman–Crippen MR) is 102 cm³/mol. The zero-order valence-electron chi connectivity index (χ0n) is 15.9. The molecule has 4 rings (SSSR count). The molecule has 3 aliphatic heterocycles. The number of hydrogen-bond donors (Lipinski definition) is 1. The summed E-state index contributed by atoms with van der Waals surface area (Å²) >= 11 is 0. The maximum Gasteiger partial charge on any atom is 0.246 e. The lowest BCUT2D eigenvalue weighted by Gasteiger charge is -2.34. The molecule has 146 valence electrons. The molecule has 0 aromatic heterocycles. The molecule has 1 atom stereocenters. The number of ether oxygens (including phenoxy) is 1. The fourth-order valence-corrected chi connectivity index (χ4v) is 4.47. The van der Waals surface area contributed by atoms with Crippen LogP contribution in [0.2, 0.25) is 0 Å². The Morgan fingerprint density at radius 1 is 1.19 bits per heavy atom. The van der Waals surface area contributed by atoms with Crippen molar-refractivity contribution >= 4 is 11.8 Å². The summed E-state index contributed by atoms with van der Waals surface area (Å²) in [7, 11) is 0. The Morgan fingerprint density at radius 2 is 1.96 bits per heavy atom. The maximum absolute atomic E-state index is 12.7. The van der Waals surface area contributed by atoms with Crippen molar-refractivity contribution in [3.05, 3.63) is 35.9 Å². The van der Waals surface area contributed by atoms with Crippen molar-refractivity contribution in [1.29, 1.82) is 0 Å². The molecule has 2 amide bonds. The second-order valence-electron chi connectivity index (χ2n) is 8.22. The van der Waals surface area contributed by atoms with E-state index in [2.05, 4.69) is 40.5 Å². The first kappa shape index (κ1) is 18.4. The van der Waals surface area contributed by atoms with Crippen molar-refractivity contribution in [2.75, 3.05) is 39.3 Å². The van der Waals surface area contributed by atoms with E-state index in [-0.39, 0.29) is 24.0 Å². The molecule has 0 bridgehead atoms. The van der Waals surface area contributed by atoms with E-state index >= 15 is 0 Å². The van der Waals surface area contributed by atoms with Gasteiger partial charge < -0.3 is 15.0 Å². The molecule has 3 saturated heterocycles. The molecule has 1 N–H and O–H groups in total. The number of morpholine rings is 1. The van der Waals surface area contributed by atoms with Gasteiger partial charge in [-0.15, -0.1) is 0 Å². The Bertz CT molecular complexity index is 661. The number of piperidine rings is 1. The topological polar surface area (TPSA) is 61.9 Å². The molecule has 0 aliphatic carbocycles. The number of amides is 2. The first-order valence-electron chi connectivity index (χ1n) is 10.1. The normalized spacial score (nSPS) is 27.1. The lowest BCUT2D eigenvalue weighted by molar-refractivity contribution is -0.143. The van der Waals surface area contributed by atoms with Crippen LogP contribution in [-0.4, -0.2) is 66.5 Å². The number of nitrogens with zero attached hydrogens (tertiary/aromatic N) is 2. The summed E-state index contributed by atoms with van der Waals surface area (Å²) in [5.74, 6) is 0.662. The highest BCUT2D eigenvalue weighted by molar-refractivity contribution is 5.79. The van der Waals surface area contributed by atoms with Gasteiger partial charge in [0.1, 0.15) is 12.2 Å². The lowest BCUT2D eigenvalue weighted by atomic mass is 9.92. The van der Waals surface area contributed by atoms with Crippen LogP contribution in [0, 0.1) is 5.92 Å². The van der Waals surface area contributed by atoms with Crippen LogP contribution in [0.1, 0.15) is 31.2 Å². The van der Waals surface area contributed by atoms with Crippen LogP contribution >= 0.6 is 0 Å². The largest absolute Gasteiger partial charge is 0.361 e. The van der Waals surface area contributed by atoms with Crippen LogP contribution in [0.25, 0.3) is 0 Å². The molecule has 27 heavy (non-hydrogen) atoms. The first-order chi connectivity index (χ1) is 13.1. The van der Waals surface area contributed by atoms with Gasteiger partial charge in [-0.1, -0.05) is 30.3 Å². The molecule has 3 aliphatic rings. The van der Waals surface area contributed by atoms with Crippen LogP contribution in [0.15, 0.2) is 30.3 Å². The smallest absolute Gasteiger partial charge is 0.246 e. The predicted octanol–water partition coefficient (Wildman–Crippen LogP) is 1.41. The molecular formula is C21H29N3O3. The minimum absolute atomic E-state index is 0.0623. The standard InChI is InChI=1S/C21H29N3O3/c25-19-14-27-21(15-22-19)8-11-24(16-21)20(26)12-17-6-9-23(10-7-17)13-18-4-2-1-3-5-18/h1-5,17H,6-16H2,(H,22,25). The summed E-state index contributed by atoms with van der Waals surface area (Å²) in [6.45, 7) is 5.10. The van der Waals surface area contributed by atoms with E-state index in [1.54, 1.807) is 0 Å². The molecule has 1 aromatic carbocycles. The van der Waals surface area contributed by atoms with Gasteiger partial charge in [-0.05, 0) is 43.8 Å². The summed E-state index contributed by atoms with van der Waals surface area (Å²) < 4.78 is 5.77. The molecule has 3 fully saturated rings. The summed E-state index contributed by atoms with van der Waals surface area (Å²) in [6, 6.07) is 10.6. The lowest BCUT2D eigenvalue weighted by Crippen LogP contribution is -2.54. The summed E-state index contributed by atoms with van der Waals surface area (Å²) in [6.07, 6.45) is 3.63. The number of benzene rings is 1. The van der Waals surface area contributed by atoms with E-state index in [0.29, 0.717) is 25.4 Å². The number of hydrogen-bond acceptors (Lipinski definition) is 4. The highest BCUT2D eigenvalue weighted by Gasteiger charge is 2.43. The van der Waals surface area contributed by atoms with Crippen LogP contribution in [0.5, 0.6) is 0 Å². The van der Waals surface area contributed by atoms with Crippen molar-refractivity contribution in [2.45, 2.75) is 37.8 Å². The van der Waals surface area contributed by atoms with Gasteiger partial charge in [0, 0.05) is 26.1 Å². The average Bonchev–Trinajstić information content (AvgIpc) is 3.11. The van der Waals surface area contributed by atoms with E-state index in [4.69, 9.17) is 4.74 Å². The van der Waals surface area contributed by atoms with Gasteiger partial charge >= 0.3 is 0 Å². The Hall–Kier alpha value is -1.92. The Labute approximate surface area is 160 Å². The Morgan fingerprint density at radius 3 is 2.67 bits per heavy atom. The first-order valence-corrected chi connectivity index (χ1v) is 10.1. The number of carbonyl (C=O) groups is 2. The number of rotatable bonds is 4. The molecule has 6 heteroatoms. The van der Waals surface area contributed by atoms with Crippen molar-refractivity contribution in [1.82, 2.24) is 15.1 Å². The molecule has 1 spiro atoms. The van der Waals surface area contributed by atoms with Gasteiger partial charge in [0.2, 0.25) is 11.8 Å². The van der Waals surface area contributed by atoms with Crippen LogP contribution in [-0.2, 0) is 20.9 Å². The van der Waals surface area contributed by atoms with E-state index < -0.39 is 0 Å². The Kier molecular flexibility index (Phi) is 5.45. The third-order valence-corrected chi connectivity index (χ3v) is 6.21. The van der Waals surface area contributed by atoms with E-state index in [9.17, 15) is 9.59 Å². The maximum atomic E-state index is 12.7. The number of likely N-dealkylation sites (tertiary alicyclic amines) is 2. The van der Waals surface area contributed by atoms with Gasteiger partial charge in [-0.25, -0.2) is 0 Å². The SMILES string of the molecule is O=C1COC2(CCN(C(=O)CC3CCN(Cc4ccccc4)CC3)C2)CN1. The van der Waals surface area contributed by atoms with E-state index in [1.807, 2.05) is 4.90 Å². The van der Waals surface area contributed by atoms with Gasteiger partial charge in [0.25, 0.3) is 0 Å². The average molecular weight is 371 g/mol. The van der Waals surface area contributed by atoms with Crippen molar-refractivity contribution in [2.24, 2.45) is 5.92 Å². The highest BCUT2D eigenvalue weighted by Crippen LogP contribution is 2.29. The zero-order chi connectivity index (χ0) is 18.7. The zero-order valence-corrected chi connectivity index (χ0v) is 15.9. The third-order valence-electron chi connectivity index (χ3n) is 6.21. The van der Waals surface area contributed by atoms with E-state index in [0.717, 1.165) is 45.4 Å². The van der Waals surface area contributed by atoms with Crippen LogP contribution in [0.4, 0.5) is 0 Å². The highest BCUT2D eigenvalue weighted by atomic mass is 16.5. The van der Waals surface area contributed by atoms with Crippen molar-refractivity contribution < 1.29 is 14.3 Å². The molecular weight excluding hydrogens is 342 g/mol. The molecule has 0 saturated carbocycles. The molecule has 1 unspecified atom stereocenters. The summed E-state index contributed by atoms with van der Waals surface area (Å²) in [5.41, 5.74) is 0.997. The number of nitrogens with one attached hydrogen (secondary N) is 1. The van der Waals surface area contributed by atoms with Crippen LogP contribution < -0.4 is 5.32 Å². The van der Waals surface area contributed by atoms with Crippen molar-refractivity contribution in [3.63, 3.8) is 0 Å². The minimum Gasteiger partial charge on any atom is -0.361 e. The molecule has 3 heterocycles. The van der Waals surface area contributed by atoms with Gasteiger partial charge in [-0.3, -0.25) is 14.5 Å². The second-order valence-corrected chi connectivity index (χ2v) is 8.22. The van der Waals surface area contributed by atoms with Gasteiger partial charge in [-0.2, -0.15) is 0 Å². The third kappa shape index (κ3) is 4.50.